The molecule has 1 unspecified atom stereocenters. The SMILES string of the molecule is Cc1ccc(C(O)COc2cc(F)cc(F)c2)cc1. The molecule has 1 N–H and O–H groups in total. The summed E-state index contributed by atoms with van der Waals surface area (Å²) in [5.74, 6) is -1.36. The number of aryl methyl sites for hydroxylation is 1. The van der Waals surface area contributed by atoms with Crippen LogP contribution in [0.25, 0.3) is 0 Å². The van der Waals surface area contributed by atoms with E-state index in [1.54, 1.807) is 12.1 Å². The molecule has 4 heteroatoms. The number of hydrogen-bond acceptors (Lipinski definition) is 2. The molecule has 0 aliphatic rings. The van der Waals surface area contributed by atoms with E-state index in [1.807, 2.05) is 19.1 Å². The summed E-state index contributed by atoms with van der Waals surface area (Å²) in [6, 6.07) is 10.2. The van der Waals surface area contributed by atoms with E-state index >= 15 is 0 Å². The Morgan fingerprint density at radius 2 is 1.63 bits per heavy atom. The Bertz CT molecular complexity index is 532. The Balaban J connectivity index is 1.99. The first-order valence-corrected chi connectivity index (χ1v) is 5.88. The van der Waals surface area contributed by atoms with Crippen LogP contribution >= 0.6 is 0 Å². The highest BCUT2D eigenvalue weighted by Gasteiger charge is 2.09. The van der Waals surface area contributed by atoms with Crippen molar-refractivity contribution in [3.8, 4) is 5.75 Å². The van der Waals surface area contributed by atoms with Gasteiger partial charge in [0.25, 0.3) is 0 Å². The first-order valence-electron chi connectivity index (χ1n) is 5.88. The van der Waals surface area contributed by atoms with E-state index in [4.69, 9.17) is 4.74 Å². The van der Waals surface area contributed by atoms with Crippen molar-refractivity contribution in [1.29, 1.82) is 0 Å². The van der Waals surface area contributed by atoms with Crippen molar-refractivity contribution in [1.82, 2.24) is 0 Å². The lowest BCUT2D eigenvalue weighted by atomic mass is 10.1. The summed E-state index contributed by atoms with van der Waals surface area (Å²) < 4.78 is 31.1. The number of aliphatic hydroxyl groups excluding tert-OH is 1. The van der Waals surface area contributed by atoms with Crippen LogP contribution in [0.5, 0.6) is 5.75 Å². The molecule has 2 rings (SSSR count). The first-order chi connectivity index (χ1) is 9.04. The van der Waals surface area contributed by atoms with Crippen molar-refractivity contribution < 1.29 is 18.6 Å². The largest absolute Gasteiger partial charge is 0.490 e. The van der Waals surface area contributed by atoms with Gasteiger partial charge in [0.2, 0.25) is 0 Å². The molecule has 0 radical (unpaired) electrons. The molecule has 0 aliphatic carbocycles. The molecule has 0 aliphatic heterocycles. The van der Waals surface area contributed by atoms with E-state index in [2.05, 4.69) is 0 Å². The standard InChI is InChI=1S/C15H14F2O2/c1-10-2-4-11(5-3-10)15(18)9-19-14-7-12(16)6-13(17)8-14/h2-8,15,18H,9H2,1H3. The fourth-order valence-corrected chi connectivity index (χ4v) is 1.67. The Morgan fingerprint density at radius 1 is 1.05 bits per heavy atom. The van der Waals surface area contributed by atoms with Gasteiger partial charge in [-0.1, -0.05) is 29.8 Å². The third-order valence-corrected chi connectivity index (χ3v) is 2.71. The van der Waals surface area contributed by atoms with E-state index in [0.717, 1.165) is 23.8 Å². The van der Waals surface area contributed by atoms with Crippen molar-refractivity contribution in [3.63, 3.8) is 0 Å². The van der Waals surface area contributed by atoms with Gasteiger partial charge in [0.05, 0.1) is 0 Å². The number of rotatable bonds is 4. The second-order valence-electron chi connectivity index (χ2n) is 4.34. The minimum Gasteiger partial charge on any atom is -0.490 e. The summed E-state index contributed by atoms with van der Waals surface area (Å²) in [7, 11) is 0. The summed E-state index contributed by atoms with van der Waals surface area (Å²) in [6.07, 6.45) is -0.841. The number of halogens is 2. The zero-order valence-electron chi connectivity index (χ0n) is 10.4. The molecule has 100 valence electrons. The average molecular weight is 264 g/mol. The molecular weight excluding hydrogens is 250 g/mol. The van der Waals surface area contributed by atoms with Crippen molar-refractivity contribution in [2.45, 2.75) is 13.0 Å². The normalized spacial score (nSPS) is 12.2. The molecule has 0 amide bonds. The molecule has 19 heavy (non-hydrogen) atoms. The predicted octanol–water partition coefficient (Wildman–Crippen LogP) is 3.39. The van der Waals surface area contributed by atoms with Crippen LogP contribution in [0, 0.1) is 18.6 Å². The highest BCUT2D eigenvalue weighted by molar-refractivity contribution is 5.25. The molecule has 0 aromatic heterocycles. The van der Waals surface area contributed by atoms with Gasteiger partial charge in [0, 0.05) is 18.2 Å². The Morgan fingerprint density at radius 3 is 2.21 bits per heavy atom. The van der Waals surface area contributed by atoms with Gasteiger partial charge in [-0.25, -0.2) is 8.78 Å². The number of benzene rings is 2. The number of ether oxygens (including phenoxy) is 1. The van der Waals surface area contributed by atoms with E-state index < -0.39 is 17.7 Å². The number of hydrogen-bond donors (Lipinski definition) is 1. The first kappa shape index (κ1) is 13.5. The molecule has 0 saturated heterocycles. The Labute approximate surface area is 110 Å². The fraction of sp³-hybridized carbons (Fsp3) is 0.200. The molecule has 0 fully saturated rings. The molecule has 0 spiro atoms. The highest BCUT2D eigenvalue weighted by Crippen LogP contribution is 2.19. The smallest absolute Gasteiger partial charge is 0.129 e. The lowest BCUT2D eigenvalue weighted by Gasteiger charge is -2.13. The van der Waals surface area contributed by atoms with Gasteiger partial charge in [-0.05, 0) is 12.5 Å². The monoisotopic (exact) mass is 264 g/mol. The van der Waals surface area contributed by atoms with E-state index in [0.29, 0.717) is 5.56 Å². The Kier molecular flexibility index (Phi) is 4.12. The fourth-order valence-electron chi connectivity index (χ4n) is 1.67. The second kappa shape index (κ2) is 5.80. The maximum Gasteiger partial charge on any atom is 0.129 e. The van der Waals surface area contributed by atoms with Gasteiger partial charge in [0.15, 0.2) is 0 Å². The zero-order valence-corrected chi connectivity index (χ0v) is 10.4. The van der Waals surface area contributed by atoms with Crippen LogP contribution in [-0.2, 0) is 0 Å². The molecular formula is C15H14F2O2. The van der Waals surface area contributed by atoms with Crippen molar-refractivity contribution in [3.05, 3.63) is 65.2 Å². The van der Waals surface area contributed by atoms with Crippen molar-refractivity contribution in [2.75, 3.05) is 6.61 Å². The maximum atomic E-state index is 12.9. The lowest BCUT2D eigenvalue weighted by molar-refractivity contribution is 0.108. The molecule has 2 nitrogen and oxygen atoms in total. The summed E-state index contributed by atoms with van der Waals surface area (Å²) in [4.78, 5) is 0. The van der Waals surface area contributed by atoms with Gasteiger partial charge in [-0.15, -0.1) is 0 Å². The third-order valence-electron chi connectivity index (χ3n) is 2.71. The molecule has 0 heterocycles. The minimum atomic E-state index is -0.841. The average Bonchev–Trinajstić information content (AvgIpc) is 2.36. The van der Waals surface area contributed by atoms with Crippen molar-refractivity contribution >= 4 is 0 Å². The topological polar surface area (TPSA) is 29.5 Å². The predicted molar refractivity (Wildman–Crippen MR) is 68.0 cm³/mol. The summed E-state index contributed by atoms with van der Waals surface area (Å²) in [6.45, 7) is 1.88. The number of aliphatic hydroxyl groups is 1. The molecule has 0 bridgehead atoms. The van der Waals surface area contributed by atoms with Gasteiger partial charge < -0.3 is 9.84 Å². The van der Waals surface area contributed by atoms with Crippen LogP contribution in [0.15, 0.2) is 42.5 Å². The summed E-state index contributed by atoms with van der Waals surface area (Å²) in [5, 5.41) is 9.90. The van der Waals surface area contributed by atoms with Gasteiger partial charge in [-0.3, -0.25) is 0 Å². The van der Waals surface area contributed by atoms with Crippen LogP contribution in [0.1, 0.15) is 17.2 Å². The molecule has 2 aromatic rings. The van der Waals surface area contributed by atoms with E-state index in [9.17, 15) is 13.9 Å². The van der Waals surface area contributed by atoms with Gasteiger partial charge in [-0.2, -0.15) is 0 Å². The minimum absolute atomic E-state index is 0.0589. The van der Waals surface area contributed by atoms with Crippen LogP contribution < -0.4 is 4.74 Å². The van der Waals surface area contributed by atoms with Crippen LogP contribution in [0.3, 0.4) is 0 Å². The van der Waals surface area contributed by atoms with Crippen molar-refractivity contribution in [2.24, 2.45) is 0 Å². The van der Waals surface area contributed by atoms with E-state index in [-0.39, 0.29) is 12.4 Å². The quantitative estimate of drug-likeness (QED) is 0.917. The lowest BCUT2D eigenvalue weighted by Crippen LogP contribution is -2.09. The Hall–Kier alpha value is -1.94. The highest BCUT2D eigenvalue weighted by atomic mass is 19.1. The molecule has 0 saturated carbocycles. The van der Waals surface area contributed by atoms with Crippen LogP contribution in [0.2, 0.25) is 0 Å². The van der Waals surface area contributed by atoms with Crippen LogP contribution in [-0.4, -0.2) is 11.7 Å². The summed E-state index contributed by atoms with van der Waals surface area (Å²) >= 11 is 0. The van der Waals surface area contributed by atoms with Gasteiger partial charge >= 0.3 is 0 Å². The summed E-state index contributed by atoms with van der Waals surface area (Å²) in [5.41, 5.74) is 1.78. The third kappa shape index (κ3) is 3.76. The van der Waals surface area contributed by atoms with Gasteiger partial charge in [0.1, 0.15) is 30.1 Å². The molecule has 2 aromatic carbocycles. The zero-order chi connectivity index (χ0) is 13.8. The van der Waals surface area contributed by atoms with E-state index in [1.165, 1.54) is 0 Å². The maximum absolute atomic E-state index is 12.9. The second-order valence-corrected chi connectivity index (χ2v) is 4.34. The molecule has 1 atom stereocenters. The van der Waals surface area contributed by atoms with Crippen LogP contribution in [0.4, 0.5) is 8.78 Å².